The number of carbonyl (C=O) groups excluding carboxylic acids is 1. The molecular weight excluding hydrogens is 366 g/mol. The highest BCUT2D eigenvalue weighted by Gasteiger charge is 2.05. The SMILES string of the molecule is COc1ccc(Br)cc1/C=C/C(=O)c1cccc(-n2cccc2)c1. The predicted molar refractivity (Wildman–Crippen MR) is 99.8 cm³/mol. The Morgan fingerprint density at radius 3 is 2.62 bits per heavy atom. The quantitative estimate of drug-likeness (QED) is 0.452. The van der Waals surface area contributed by atoms with Gasteiger partial charge in [-0.05, 0) is 54.6 Å². The number of ether oxygens (including phenoxy) is 1. The summed E-state index contributed by atoms with van der Waals surface area (Å²) in [5.74, 6) is 0.675. The molecule has 0 N–H and O–H groups in total. The molecule has 3 aromatic rings. The molecule has 1 heterocycles. The number of hydrogen-bond acceptors (Lipinski definition) is 2. The maximum Gasteiger partial charge on any atom is 0.185 e. The Morgan fingerprint density at radius 2 is 1.88 bits per heavy atom. The molecule has 0 unspecified atom stereocenters. The number of nitrogens with zero attached hydrogens (tertiary/aromatic N) is 1. The van der Waals surface area contributed by atoms with E-state index in [1.54, 1.807) is 19.3 Å². The van der Waals surface area contributed by atoms with Crippen LogP contribution in [0.15, 0.2) is 77.5 Å². The summed E-state index contributed by atoms with van der Waals surface area (Å²) < 4.78 is 8.22. The van der Waals surface area contributed by atoms with Crippen LogP contribution in [0.2, 0.25) is 0 Å². The molecule has 120 valence electrons. The third kappa shape index (κ3) is 3.66. The van der Waals surface area contributed by atoms with Crippen LogP contribution in [0.4, 0.5) is 0 Å². The minimum Gasteiger partial charge on any atom is -0.496 e. The summed E-state index contributed by atoms with van der Waals surface area (Å²) in [4.78, 5) is 12.5. The molecule has 0 amide bonds. The molecule has 0 aliphatic rings. The Balaban J connectivity index is 1.85. The van der Waals surface area contributed by atoms with Gasteiger partial charge in [0.05, 0.1) is 7.11 Å². The average molecular weight is 382 g/mol. The number of aromatic nitrogens is 1. The van der Waals surface area contributed by atoms with Gasteiger partial charge in [-0.15, -0.1) is 0 Å². The molecule has 0 aliphatic carbocycles. The molecule has 0 bridgehead atoms. The largest absolute Gasteiger partial charge is 0.496 e. The average Bonchev–Trinajstić information content (AvgIpc) is 3.14. The molecule has 4 heteroatoms. The van der Waals surface area contributed by atoms with Gasteiger partial charge in [0.1, 0.15) is 5.75 Å². The van der Waals surface area contributed by atoms with E-state index in [1.807, 2.05) is 71.6 Å². The number of rotatable bonds is 5. The third-order valence-corrected chi connectivity index (χ3v) is 4.13. The zero-order chi connectivity index (χ0) is 16.9. The molecule has 0 spiro atoms. The Hall–Kier alpha value is -2.59. The van der Waals surface area contributed by atoms with Crippen LogP contribution >= 0.6 is 15.9 Å². The van der Waals surface area contributed by atoms with Crippen LogP contribution in [0.1, 0.15) is 15.9 Å². The van der Waals surface area contributed by atoms with Crippen LogP contribution in [-0.4, -0.2) is 17.5 Å². The van der Waals surface area contributed by atoms with Gasteiger partial charge in [-0.1, -0.05) is 28.1 Å². The maximum absolute atomic E-state index is 12.5. The highest BCUT2D eigenvalue weighted by atomic mass is 79.9. The molecular formula is C20H16BrNO2. The van der Waals surface area contributed by atoms with Gasteiger partial charge in [0.2, 0.25) is 0 Å². The molecule has 24 heavy (non-hydrogen) atoms. The minimum absolute atomic E-state index is 0.0500. The number of ketones is 1. The van der Waals surface area contributed by atoms with E-state index in [1.165, 1.54) is 0 Å². The monoisotopic (exact) mass is 381 g/mol. The van der Waals surface area contributed by atoms with Crippen molar-refractivity contribution in [3.8, 4) is 11.4 Å². The van der Waals surface area contributed by atoms with Crippen molar-refractivity contribution in [1.29, 1.82) is 0 Å². The summed E-state index contributed by atoms with van der Waals surface area (Å²) in [6.45, 7) is 0. The molecule has 1 aromatic heterocycles. The van der Waals surface area contributed by atoms with Gasteiger partial charge >= 0.3 is 0 Å². The van der Waals surface area contributed by atoms with Gasteiger partial charge in [0.25, 0.3) is 0 Å². The van der Waals surface area contributed by atoms with Crippen molar-refractivity contribution >= 4 is 27.8 Å². The molecule has 3 rings (SSSR count). The van der Waals surface area contributed by atoms with E-state index in [0.29, 0.717) is 5.56 Å². The van der Waals surface area contributed by atoms with Gasteiger partial charge in [-0.3, -0.25) is 4.79 Å². The standard InChI is InChI=1S/C20H16BrNO2/c1-24-20-10-8-17(21)13-16(20)7-9-19(23)15-5-4-6-18(14-15)22-11-2-3-12-22/h2-14H,1H3/b9-7+. The van der Waals surface area contributed by atoms with Crippen LogP contribution < -0.4 is 4.74 Å². The van der Waals surface area contributed by atoms with E-state index >= 15 is 0 Å². The molecule has 2 aromatic carbocycles. The number of methoxy groups -OCH3 is 1. The fourth-order valence-electron chi connectivity index (χ4n) is 2.42. The van der Waals surface area contributed by atoms with Crippen molar-refractivity contribution < 1.29 is 9.53 Å². The van der Waals surface area contributed by atoms with Crippen LogP contribution in [0.5, 0.6) is 5.75 Å². The first-order valence-corrected chi connectivity index (χ1v) is 8.26. The second-order valence-corrected chi connectivity index (χ2v) is 6.14. The van der Waals surface area contributed by atoms with Crippen molar-refractivity contribution in [3.05, 3.63) is 88.7 Å². The Bertz CT molecular complexity index is 882. The van der Waals surface area contributed by atoms with Gasteiger partial charge < -0.3 is 9.30 Å². The summed E-state index contributed by atoms with van der Waals surface area (Å²) >= 11 is 3.43. The van der Waals surface area contributed by atoms with Gasteiger partial charge in [0, 0.05) is 33.7 Å². The smallest absolute Gasteiger partial charge is 0.185 e. The number of benzene rings is 2. The number of hydrogen-bond donors (Lipinski definition) is 0. The lowest BCUT2D eigenvalue weighted by molar-refractivity contribution is 0.104. The Morgan fingerprint density at radius 1 is 1.08 bits per heavy atom. The van der Waals surface area contributed by atoms with E-state index in [-0.39, 0.29) is 5.78 Å². The van der Waals surface area contributed by atoms with E-state index in [0.717, 1.165) is 21.5 Å². The van der Waals surface area contributed by atoms with E-state index in [2.05, 4.69) is 15.9 Å². The zero-order valence-corrected chi connectivity index (χ0v) is 14.7. The van der Waals surface area contributed by atoms with Crippen LogP contribution in [0, 0.1) is 0 Å². The first-order valence-electron chi connectivity index (χ1n) is 7.47. The fraction of sp³-hybridized carbons (Fsp3) is 0.0500. The molecule has 0 aliphatic heterocycles. The normalized spacial score (nSPS) is 10.9. The topological polar surface area (TPSA) is 31.2 Å². The molecule has 0 radical (unpaired) electrons. The van der Waals surface area contributed by atoms with Gasteiger partial charge in [0.15, 0.2) is 5.78 Å². The molecule has 0 atom stereocenters. The van der Waals surface area contributed by atoms with Crippen molar-refractivity contribution in [2.24, 2.45) is 0 Å². The minimum atomic E-state index is -0.0500. The van der Waals surface area contributed by atoms with E-state index in [4.69, 9.17) is 4.74 Å². The molecule has 0 saturated heterocycles. The molecule has 3 nitrogen and oxygen atoms in total. The van der Waals surface area contributed by atoms with Crippen LogP contribution in [-0.2, 0) is 0 Å². The zero-order valence-electron chi connectivity index (χ0n) is 13.1. The summed E-state index contributed by atoms with van der Waals surface area (Å²) in [7, 11) is 1.61. The second kappa shape index (κ2) is 7.32. The van der Waals surface area contributed by atoms with Crippen molar-refractivity contribution in [3.63, 3.8) is 0 Å². The Labute approximate surface area is 149 Å². The van der Waals surface area contributed by atoms with Gasteiger partial charge in [-0.2, -0.15) is 0 Å². The number of carbonyl (C=O) groups is 1. The number of allylic oxidation sites excluding steroid dienone is 1. The first kappa shape index (κ1) is 16.3. The predicted octanol–water partition coefficient (Wildman–Crippen LogP) is 5.14. The second-order valence-electron chi connectivity index (χ2n) is 5.22. The maximum atomic E-state index is 12.5. The van der Waals surface area contributed by atoms with Crippen LogP contribution in [0.3, 0.4) is 0 Å². The first-order chi connectivity index (χ1) is 11.7. The van der Waals surface area contributed by atoms with Crippen molar-refractivity contribution in [2.45, 2.75) is 0 Å². The highest BCUT2D eigenvalue weighted by Crippen LogP contribution is 2.24. The summed E-state index contributed by atoms with van der Waals surface area (Å²) in [6, 6.07) is 17.1. The lowest BCUT2D eigenvalue weighted by Crippen LogP contribution is -1.97. The molecule has 0 fully saturated rings. The summed E-state index contributed by atoms with van der Waals surface area (Å²) in [5, 5.41) is 0. The fourth-order valence-corrected chi connectivity index (χ4v) is 2.80. The van der Waals surface area contributed by atoms with Crippen molar-refractivity contribution in [2.75, 3.05) is 7.11 Å². The van der Waals surface area contributed by atoms with Crippen LogP contribution in [0.25, 0.3) is 11.8 Å². The van der Waals surface area contributed by atoms with Gasteiger partial charge in [-0.25, -0.2) is 0 Å². The highest BCUT2D eigenvalue weighted by molar-refractivity contribution is 9.10. The van der Waals surface area contributed by atoms with E-state index < -0.39 is 0 Å². The summed E-state index contributed by atoms with van der Waals surface area (Å²) in [6.07, 6.45) is 7.24. The lowest BCUT2D eigenvalue weighted by Gasteiger charge is -2.06. The third-order valence-electron chi connectivity index (χ3n) is 3.64. The lowest BCUT2D eigenvalue weighted by atomic mass is 10.1. The molecule has 0 saturated carbocycles. The van der Waals surface area contributed by atoms with Crippen molar-refractivity contribution in [1.82, 2.24) is 4.57 Å². The Kier molecular flexibility index (Phi) is 4.96. The number of halogens is 1. The van der Waals surface area contributed by atoms with E-state index in [9.17, 15) is 4.79 Å². The summed E-state index contributed by atoms with van der Waals surface area (Å²) in [5.41, 5.74) is 2.45.